The van der Waals surface area contributed by atoms with Gasteiger partial charge in [0.05, 0.1) is 11.3 Å². The fraction of sp³-hybridized carbons (Fsp3) is 0.133. The number of aromatic nitrogens is 2. The van der Waals surface area contributed by atoms with E-state index in [1.165, 1.54) is 11.5 Å². The van der Waals surface area contributed by atoms with Crippen LogP contribution in [0.5, 0.6) is 5.75 Å². The lowest BCUT2D eigenvalue weighted by molar-refractivity contribution is 0.262. The minimum absolute atomic E-state index is 0.313. The number of amides is 2. The second kappa shape index (κ2) is 6.40. The van der Waals surface area contributed by atoms with Gasteiger partial charge in [-0.1, -0.05) is 4.49 Å². The van der Waals surface area contributed by atoms with Crippen molar-refractivity contribution in [1.29, 1.82) is 0 Å². The van der Waals surface area contributed by atoms with E-state index in [-0.39, 0.29) is 6.03 Å². The molecule has 3 rings (SSSR count). The highest BCUT2D eigenvalue weighted by molar-refractivity contribution is 7.12. The molecule has 0 aliphatic heterocycles. The standard InChI is InChI=1S/C15H14N4O2S/c1-2-21-12-6-3-10(4-7-12)16-15(20)17-11-5-8-14-13(9-11)18-19-22-14/h3-9H,2H2,1H3,(H2,16,17,20). The molecule has 0 aliphatic rings. The van der Waals surface area contributed by atoms with Crippen molar-refractivity contribution in [3.05, 3.63) is 42.5 Å². The minimum atomic E-state index is -0.313. The molecule has 6 nitrogen and oxygen atoms in total. The van der Waals surface area contributed by atoms with Crippen LogP contribution in [0.4, 0.5) is 16.2 Å². The Labute approximate surface area is 131 Å². The van der Waals surface area contributed by atoms with Crippen LogP contribution < -0.4 is 15.4 Å². The SMILES string of the molecule is CCOc1ccc(NC(=O)Nc2ccc3snnc3c2)cc1. The average Bonchev–Trinajstić information content (AvgIpc) is 2.97. The van der Waals surface area contributed by atoms with Crippen LogP contribution in [0, 0.1) is 0 Å². The van der Waals surface area contributed by atoms with Crippen molar-refractivity contribution >= 4 is 39.2 Å². The van der Waals surface area contributed by atoms with Crippen LogP contribution in [0.25, 0.3) is 10.2 Å². The number of hydrogen-bond acceptors (Lipinski definition) is 5. The second-order valence-electron chi connectivity index (χ2n) is 4.49. The number of anilines is 2. The van der Waals surface area contributed by atoms with Gasteiger partial charge in [-0.15, -0.1) is 5.10 Å². The molecule has 3 aromatic rings. The van der Waals surface area contributed by atoms with Crippen molar-refractivity contribution in [2.24, 2.45) is 0 Å². The Kier molecular flexibility index (Phi) is 4.15. The lowest BCUT2D eigenvalue weighted by Crippen LogP contribution is -2.19. The van der Waals surface area contributed by atoms with Crippen LogP contribution in [0.2, 0.25) is 0 Å². The monoisotopic (exact) mass is 314 g/mol. The summed E-state index contributed by atoms with van der Waals surface area (Å²) in [6.07, 6.45) is 0. The number of nitrogens with zero attached hydrogens (tertiary/aromatic N) is 2. The molecular formula is C15H14N4O2S. The van der Waals surface area contributed by atoms with Crippen LogP contribution in [0.1, 0.15) is 6.92 Å². The molecule has 0 fully saturated rings. The van der Waals surface area contributed by atoms with E-state index in [2.05, 4.69) is 20.2 Å². The maximum absolute atomic E-state index is 12.0. The second-order valence-corrected chi connectivity index (χ2v) is 5.28. The fourth-order valence-corrected chi connectivity index (χ4v) is 2.49. The Morgan fingerprint density at radius 1 is 1.14 bits per heavy atom. The van der Waals surface area contributed by atoms with Crippen LogP contribution in [-0.4, -0.2) is 22.2 Å². The van der Waals surface area contributed by atoms with E-state index in [0.717, 1.165) is 16.0 Å². The lowest BCUT2D eigenvalue weighted by Gasteiger charge is -2.08. The maximum atomic E-state index is 12.0. The number of ether oxygens (including phenoxy) is 1. The fourth-order valence-electron chi connectivity index (χ4n) is 1.95. The van der Waals surface area contributed by atoms with Crippen molar-refractivity contribution in [2.45, 2.75) is 6.92 Å². The third kappa shape index (κ3) is 3.32. The van der Waals surface area contributed by atoms with Gasteiger partial charge in [0.15, 0.2) is 0 Å². The van der Waals surface area contributed by atoms with Gasteiger partial charge in [0, 0.05) is 11.4 Å². The van der Waals surface area contributed by atoms with E-state index < -0.39 is 0 Å². The number of carbonyl (C=O) groups excluding carboxylic acids is 1. The Balaban J connectivity index is 1.63. The number of benzene rings is 2. The van der Waals surface area contributed by atoms with Gasteiger partial charge < -0.3 is 15.4 Å². The van der Waals surface area contributed by atoms with Gasteiger partial charge in [-0.2, -0.15) is 0 Å². The molecule has 0 radical (unpaired) electrons. The topological polar surface area (TPSA) is 76.1 Å². The number of fused-ring (bicyclic) bond motifs is 1. The van der Waals surface area contributed by atoms with E-state index in [0.29, 0.717) is 18.0 Å². The summed E-state index contributed by atoms with van der Waals surface area (Å²) in [5.74, 6) is 0.773. The van der Waals surface area contributed by atoms with Gasteiger partial charge in [-0.25, -0.2) is 4.79 Å². The highest BCUT2D eigenvalue weighted by Crippen LogP contribution is 2.20. The number of urea groups is 1. The zero-order valence-electron chi connectivity index (χ0n) is 11.9. The van der Waals surface area contributed by atoms with E-state index in [9.17, 15) is 4.79 Å². The first-order valence-electron chi connectivity index (χ1n) is 6.77. The Hall–Kier alpha value is -2.67. The Morgan fingerprint density at radius 2 is 1.86 bits per heavy atom. The summed E-state index contributed by atoms with van der Waals surface area (Å²) in [7, 11) is 0. The predicted molar refractivity (Wildman–Crippen MR) is 87.7 cm³/mol. The van der Waals surface area contributed by atoms with E-state index in [4.69, 9.17) is 4.74 Å². The quantitative estimate of drug-likeness (QED) is 0.769. The normalized spacial score (nSPS) is 10.4. The van der Waals surface area contributed by atoms with Crippen molar-refractivity contribution in [3.8, 4) is 5.75 Å². The first-order chi connectivity index (χ1) is 10.7. The van der Waals surface area contributed by atoms with Crippen molar-refractivity contribution in [3.63, 3.8) is 0 Å². The number of nitrogens with one attached hydrogen (secondary N) is 2. The van der Waals surface area contributed by atoms with Gasteiger partial charge in [-0.05, 0) is 60.9 Å². The molecular weight excluding hydrogens is 300 g/mol. The predicted octanol–water partition coefficient (Wildman–Crippen LogP) is 3.73. The minimum Gasteiger partial charge on any atom is -0.494 e. The summed E-state index contributed by atoms with van der Waals surface area (Å²) in [5, 5.41) is 9.51. The molecule has 0 atom stereocenters. The van der Waals surface area contributed by atoms with Crippen LogP contribution in [0.15, 0.2) is 42.5 Å². The Morgan fingerprint density at radius 3 is 2.64 bits per heavy atom. The molecule has 0 unspecified atom stereocenters. The smallest absolute Gasteiger partial charge is 0.323 e. The molecule has 2 amide bonds. The first kappa shape index (κ1) is 14.3. The summed E-state index contributed by atoms with van der Waals surface area (Å²) in [5.41, 5.74) is 2.13. The third-order valence-electron chi connectivity index (χ3n) is 2.93. The van der Waals surface area contributed by atoms with Crippen LogP contribution in [-0.2, 0) is 0 Å². The Bertz CT molecular complexity index is 786. The molecule has 0 spiro atoms. The van der Waals surface area contributed by atoms with Crippen molar-refractivity contribution in [2.75, 3.05) is 17.2 Å². The largest absolute Gasteiger partial charge is 0.494 e. The summed E-state index contributed by atoms with van der Waals surface area (Å²) in [6, 6.07) is 12.4. The summed E-state index contributed by atoms with van der Waals surface area (Å²) in [6.45, 7) is 2.54. The van der Waals surface area contributed by atoms with E-state index >= 15 is 0 Å². The average molecular weight is 314 g/mol. The number of rotatable bonds is 4. The van der Waals surface area contributed by atoms with Gasteiger partial charge in [0.2, 0.25) is 0 Å². The molecule has 0 aliphatic carbocycles. The van der Waals surface area contributed by atoms with Crippen molar-refractivity contribution in [1.82, 2.24) is 9.59 Å². The molecule has 7 heteroatoms. The molecule has 112 valence electrons. The zero-order chi connectivity index (χ0) is 15.4. The van der Waals surface area contributed by atoms with Gasteiger partial charge in [-0.3, -0.25) is 0 Å². The molecule has 1 heterocycles. The molecule has 2 N–H and O–H groups in total. The molecule has 0 saturated heterocycles. The third-order valence-corrected chi connectivity index (χ3v) is 3.63. The molecule has 22 heavy (non-hydrogen) atoms. The molecule has 0 saturated carbocycles. The van der Waals surface area contributed by atoms with Crippen LogP contribution >= 0.6 is 11.5 Å². The van der Waals surface area contributed by atoms with Gasteiger partial charge >= 0.3 is 6.03 Å². The highest BCUT2D eigenvalue weighted by atomic mass is 32.1. The molecule has 2 aromatic carbocycles. The zero-order valence-corrected chi connectivity index (χ0v) is 12.7. The first-order valence-corrected chi connectivity index (χ1v) is 7.55. The molecule has 0 bridgehead atoms. The number of hydrogen-bond donors (Lipinski definition) is 2. The van der Waals surface area contributed by atoms with E-state index in [1.807, 2.05) is 31.2 Å². The molecule has 1 aromatic heterocycles. The number of carbonyl (C=O) groups is 1. The van der Waals surface area contributed by atoms with Gasteiger partial charge in [0.25, 0.3) is 0 Å². The highest BCUT2D eigenvalue weighted by Gasteiger charge is 2.05. The van der Waals surface area contributed by atoms with Crippen LogP contribution in [0.3, 0.4) is 0 Å². The summed E-state index contributed by atoms with van der Waals surface area (Å²) < 4.78 is 10.2. The maximum Gasteiger partial charge on any atom is 0.323 e. The lowest BCUT2D eigenvalue weighted by atomic mass is 10.3. The summed E-state index contributed by atoms with van der Waals surface area (Å²) in [4.78, 5) is 12.0. The van der Waals surface area contributed by atoms with E-state index in [1.54, 1.807) is 18.2 Å². The van der Waals surface area contributed by atoms with Gasteiger partial charge in [0.1, 0.15) is 11.3 Å². The summed E-state index contributed by atoms with van der Waals surface area (Å²) >= 11 is 1.32. The van der Waals surface area contributed by atoms with Crippen molar-refractivity contribution < 1.29 is 9.53 Å².